The van der Waals surface area contributed by atoms with Gasteiger partial charge >= 0.3 is 5.97 Å². The van der Waals surface area contributed by atoms with Gasteiger partial charge in [-0.15, -0.1) is 0 Å². The van der Waals surface area contributed by atoms with Crippen molar-refractivity contribution >= 4 is 21.9 Å². The van der Waals surface area contributed by atoms with Gasteiger partial charge in [0.25, 0.3) is 0 Å². The molecule has 21 heavy (non-hydrogen) atoms. The highest BCUT2D eigenvalue weighted by Gasteiger charge is 2.15. The molecule has 0 aliphatic heterocycles. The van der Waals surface area contributed by atoms with E-state index in [0.717, 1.165) is 6.42 Å². The number of halogens is 1. The van der Waals surface area contributed by atoms with Crippen molar-refractivity contribution in [2.24, 2.45) is 0 Å². The number of carbonyl (C=O) groups is 1. The number of carbonyl (C=O) groups excluding carboxylic acids is 1. The quantitative estimate of drug-likeness (QED) is 0.411. The van der Waals surface area contributed by atoms with Crippen molar-refractivity contribution in [3.8, 4) is 0 Å². The number of benzene rings is 1. The molecule has 0 fully saturated rings. The minimum atomic E-state index is -0.425. The van der Waals surface area contributed by atoms with Crippen LogP contribution in [0.5, 0.6) is 0 Å². The molecule has 4 heteroatoms. The summed E-state index contributed by atoms with van der Waals surface area (Å²) in [5.74, 6) is -0.210. The molecular weight excluding hydrogens is 332 g/mol. The number of alkyl halides is 1. The molecule has 0 aliphatic carbocycles. The van der Waals surface area contributed by atoms with Gasteiger partial charge in [0.1, 0.15) is 5.60 Å². The van der Waals surface area contributed by atoms with Crippen LogP contribution in [0, 0.1) is 0 Å². The van der Waals surface area contributed by atoms with Gasteiger partial charge in [0.05, 0.1) is 19.6 Å². The van der Waals surface area contributed by atoms with Gasteiger partial charge in [-0.1, -0.05) is 40.2 Å². The van der Waals surface area contributed by atoms with Gasteiger partial charge in [-0.2, -0.15) is 0 Å². The molecule has 1 rings (SSSR count). The summed E-state index contributed by atoms with van der Waals surface area (Å²) in [6, 6.07) is 8.47. The van der Waals surface area contributed by atoms with Crippen molar-refractivity contribution in [3.63, 3.8) is 0 Å². The van der Waals surface area contributed by atoms with Gasteiger partial charge in [-0.05, 0) is 45.2 Å². The molecule has 3 nitrogen and oxygen atoms in total. The van der Waals surface area contributed by atoms with Crippen LogP contribution in [0.4, 0.5) is 0 Å². The largest absolute Gasteiger partial charge is 0.460 e. The zero-order valence-corrected chi connectivity index (χ0v) is 14.9. The van der Waals surface area contributed by atoms with Crippen LogP contribution in [0.1, 0.15) is 50.1 Å². The van der Waals surface area contributed by atoms with Crippen molar-refractivity contribution in [3.05, 3.63) is 35.4 Å². The Kier molecular flexibility index (Phi) is 7.40. The number of ether oxygens (including phenoxy) is 2. The lowest BCUT2D eigenvalue weighted by Gasteiger charge is -2.19. The minimum Gasteiger partial charge on any atom is -0.460 e. The number of hydrogen-bond acceptors (Lipinski definition) is 3. The molecule has 0 saturated carbocycles. The van der Waals surface area contributed by atoms with Crippen LogP contribution in [0.15, 0.2) is 24.3 Å². The maximum atomic E-state index is 11.5. The van der Waals surface area contributed by atoms with Gasteiger partial charge in [0.2, 0.25) is 0 Å². The third-order valence-electron chi connectivity index (χ3n) is 2.84. The predicted octanol–water partition coefficient (Wildman–Crippen LogP) is 4.43. The van der Waals surface area contributed by atoms with Crippen molar-refractivity contribution in [2.45, 2.75) is 51.0 Å². The lowest BCUT2D eigenvalue weighted by Crippen LogP contribution is -2.24. The van der Waals surface area contributed by atoms with Crippen LogP contribution in [0.25, 0.3) is 0 Å². The Labute approximate surface area is 136 Å². The Morgan fingerprint density at radius 2 is 1.81 bits per heavy atom. The smallest absolute Gasteiger partial charge is 0.308 e. The summed E-state index contributed by atoms with van der Waals surface area (Å²) in [6.45, 7) is 8.72. The Bertz CT molecular complexity index is 432. The molecule has 1 unspecified atom stereocenters. The third kappa shape index (κ3) is 8.22. The Morgan fingerprint density at radius 1 is 1.19 bits per heavy atom. The van der Waals surface area contributed by atoms with Crippen LogP contribution in [0.3, 0.4) is 0 Å². The first-order valence-corrected chi connectivity index (χ1v) is 8.22. The number of hydrogen-bond donors (Lipinski definition) is 0. The second-order valence-electron chi connectivity index (χ2n) is 6.06. The van der Waals surface area contributed by atoms with E-state index in [9.17, 15) is 4.79 Å². The van der Waals surface area contributed by atoms with E-state index in [1.165, 1.54) is 11.1 Å². The fraction of sp³-hybridized carbons (Fsp3) is 0.588. The highest BCUT2D eigenvalue weighted by molar-refractivity contribution is 9.09. The molecule has 0 aromatic heterocycles. The van der Waals surface area contributed by atoms with Crippen molar-refractivity contribution < 1.29 is 14.3 Å². The van der Waals surface area contributed by atoms with Crippen LogP contribution in [-0.2, 0) is 20.7 Å². The van der Waals surface area contributed by atoms with E-state index in [0.29, 0.717) is 24.5 Å². The van der Waals surface area contributed by atoms with Gasteiger partial charge < -0.3 is 9.47 Å². The normalized spacial score (nSPS) is 13.0. The average Bonchev–Trinajstić information content (AvgIpc) is 2.36. The molecule has 0 radical (unpaired) electrons. The van der Waals surface area contributed by atoms with E-state index in [-0.39, 0.29) is 5.97 Å². The fourth-order valence-corrected chi connectivity index (χ4v) is 2.09. The highest BCUT2D eigenvalue weighted by atomic mass is 79.9. The first-order valence-electron chi connectivity index (χ1n) is 7.30. The van der Waals surface area contributed by atoms with Crippen LogP contribution < -0.4 is 0 Å². The van der Waals surface area contributed by atoms with E-state index >= 15 is 0 Å². The second kappa shape index (κ2) is 8.54. The van der Waals surface area contributed by atoms with Crippen molar-refractivity contribution in [1.29, 1.82) is 0 Å². The molecule has 0 amide bonds. The number of rotatable bonds is 7. The van der Waals surface area contributed by atoms with Gasteiger partial charge in [0.15, 0.2) is 0 Å². The van der Waals surface area contributed by atoms with Crippen molar-refractivity contribution in [1.82, 2.24) is 0 Å². The molecule has 1 aromatic carbocycles. The lowest BCUT2D eigenvalue weighted by molar-refractivity contribution is -0.156. The Morgan fingerprint density at radius 3 is 2.33 bits per heavy atom. The molecular formula is C17H25BrO3. The maximum Gasteiger partial charge on any atom is 0.308 e. The topological polar surface area (TPSA) is 35.5 Å². The molecule has 0 saturated heterocycles. The minimum absolute atomic E-state index is 0.210. The predicted molar refractivity (Wildman–Crippen MR) is 88.8 cm³/mol. The monoisotopic (exact) mass is 356 g/mol. The summed E-state index contributed by atoms with van der Waals surface area (Å²) in [5, 5.41) is 0. The second-order valence-corrected chi connectivity index (χ2v) is 7.43. The Hall–Kier alpha value is -0.870. The molecule has 1 atom stereocenters. The maximum absolute atomic E-state index is 11.5. The summed E-state index contributed by atoms with van der Waals surface area (Å²) in [5.41, 5.74) is 2.08. The standard InChI is InChI=1S/C17H25BrO3/c1-13(18)15-7-5-14(6-8-15)9-11-20-12-10-16(19)21-17(2,3)4/h5-8,13H,9-12H2,1-4H3. The van der Waals surface area contributed by atoms with E-state index in [1.54, 1.807) is 0 Å². The molecule has 0 N–H and O–H groups in total. The average molecular weight is 357 g/mol. The summed E-state index contributed by atoms with van der Waals surface area (Å²) in [6.07, 6.45) is 1.16. The van der Waals surface area contributed by atoms with Crippen LogP contribution >= 0.6 is 15.9 Å². The van der Waals surface area contributed by atoms with E-state index in [2.05, 4.69) is 47.1 Å². The molecule has 0 aliphatic rings. The molecule has 118 valence electrons. The third-order valence-corrected chi connectivity index (χ3v) is 3.37. The zero-order valence-electron chi connectivity index (χ0n) is 13.3. The van der Waals surface area contributed by atoms with Crippen LogP contribution in [-0.4, -0.2) is 24.8 Å². The summed E-state index contributed by atoms with van der Waals surface area (Å²) >= 11 is 3.55. The first-order chi connectivity index (χ1) is 9.78. The van der Waals surface area contributed by atoms with Gasteiger partial charge in [0, 0.05) is 4.83 Å². The van der Waals surface area contributed by atoms with E-state index in [4.69, 9.17) is 9.47 Å². The van der Waals surface area contributed by atoms with E-state index < -0.39 is 5.60 Å². The fourth-order valence-electron chi connectivity index (χ4n) is 1.79. The summed E-state index contributed by atoms with van der Waals surface area (Å²) in [4.78, 5) is 11.9. The summed E-state index contributed by atoms with van der Waals surface area (Å²) < 4.78 is 10.7. The Balaban J connectivity index is 2.18. The van der Waals surface area contributed by atoms with Crippen molar-refractivity contribution in [2.75, 3.05) is 13.2 Å². The van der Waals surface area contributed by atoms with E-state index in [1.807, 2.05) is 20.8 Å². The zero-order chi connectivity index (χ0) is 15.9. The molecule has 0 heterocycles. The number of esters is 1. The van der Waals surface area contributed by atoms with Gasteiger partial charge in [-0.25, -0.2) is 0 Å². The highest BCUT2D eigenvalue weighted by Crippen LogP contribution is 2.21. The lowest BCUT2D eigenvalue weighted by atomic mass is 10.1. The summed E-state index contributed by atoms with van der Waals surface area (Å²) in [7, 11) is 0. The SMILES string of the molecule is CC(Br)c1ccc(CCOCCC(=O)OC(C)(C)C)cc1. The van der Waals surface area contributed by atoms with Crippen LogP contribution in [0.2, 0.25) is 0 Å². The molecule has 1 aromatic rings. The molecule has 0 spiro atoms. The first kappa shape index (κ1) is 18.2. The molecule has 0 bridgehead atoms. The van der Waals surface area contributed by atoms with Gasteiger partial charge in [-0.3, -0.25) is 4.79 Å².